The minimum atomic E-state index is -3.12. The van der Waals surface area contributed by atoms with Crippen LogP contribution in [0.5, 0.6) is 0 Å². The van der Waals surface area contributed by atoms with Gasteiger partial charge in [-0.25, -0.2) is 13.8 Å². The molecule has 0 spiro atoms. The van der Waals surface area contributed by atoms with Crippen LogP contribution in [0.15, 0.2) is 6.07 Å². The Morgan fingerprint density at radius 2 is 2.27 bits per heavy atom. The van der Waals surface area contributed by atoms with E-state index in [-0.39, 0.29) is 5.69 Å². The summed E-state index contributed by atoms with van der Waals surface area (Å²) in [6, 6.07) is 0.978. The first-order valence-corrected chi connectivity index (χ1v) is 4.08. The molecule has 1 rings (SSSR count). The molecular formula is C7H5ClF2N2O3. The van der Waals surface area contributed by atoms with E-state index in [0.717, 1.165) is 6.07 Å². The van der Waals surface area contributed by atoms with Crippen LogP contribution >= 0.6 is 11.6 Å². The summed E-state index contributed by atoms with van der Waals surface area (Å²) in [4.78, 5) is 12.6. The Labute approximate surface area is 87.5 Å². The molecule has 0 aliphatic heterocycles. The van der Waals surface area contributed by atoms with Gasteiger partial charge in [0.2, 0.25) is 0 Å². The maximum atomic E-state index is 12.4. The zero-order valence-electron chi connectivity index (χ0n) is 7.15. The molecule has 8 heteroatoms. The van der Waals surface area contributed by atoms with Crippen molar-refractivity contribution in [1.82, 2.24) is 4.98 Å². The third kappa shape index (κ3) is 2.37. The molecule has 0 aliphatic carbocycles. The summed E-state index contributed by atoms with van der Waals surface area (Å²) in [5.74, 6) is 0. The molecule has 0 aliphatic rings. The molecule has 1 aromatic heterocycles. The van der Waals surface area contributed by atoms with Crippen LogP contribution in [-0.4, -0.2) is 15.0 Å². The van der Waals surface area contributed by atoms with Crippen molar-refractivity contribution in [2.24, 2.45) is 0 Å². The van der Waals surface area contributed by atoms with E-state index in [9.17, 15) is 18.9 Å². The normalized spacial score (nSPS) is 10.7. The topological polar surface area (TPSA) is 76.3 Å². The van der Waals surface area contributed by atoms with E-state index in [1.807, 2.05) is 0 Å². The molecule has 1 N–H and O–H groups in total. The lowest BCUT2D eigenvalue weighted by Gasteiger charge is -2.04. The quantitative estimate of drug-likeness (QED) is 0.646. The second kappa shape index (κ2) is 4.45. The highest BCUT2D eigenvalue weighted by molar-refractivity contribution is 6.32. The molecule has 1 aromatic rings. The molecule has 0 saturated heterocycles. The number of halogens is 3. The molecule has 0 bridgehead atoms. The summed E-state index contributed by atoms with van der Waals surface area (Å²) in [5, 5.41) is 18.6. The van der Waals surface area contributed by atoms with E-state index in [2.05, 4.69) is 4.98 Å². The fourth-order valence-electron chi connectivity index (χ4n) is 0.991. The average molecular weight is 239 g/mol. The predicted molar refractivity (Wildman–Crippen MR) is 46.8 cm³/mol. The number of aromatic nitrogens is 1. The molecule has 0 radical (unpaired) electrons. The molecule has 0 amide bonds. The molecule has 0 atom stereocenters. The zero-order chi connectivity index (χ0) is 11.6. The van der Waals surface area contributed by atoms with Crippen molar-refractivity contribution < 1.29 is 18.8 Å². The minimum absolute atomic E-state index is 0.138. The van der Waals surface area contributed by atoms with Gasteiger partial charge in [0.1, 0.15) is 5.02 Å². The number of rotatable bonds is 3. The first kappa shape index (κ1) is 11.7. The van der Waals surface area contributed by atoms with Gasteiger partial charge in [-0.15, -0.1) is 0 Å². The van der Waals surface area contributed by atoms with Crippen LogP contribution in [0.1, 0.15) is 17.8 Å². The van der Waals surface area contributed by atoms with E-state index in [1.54, 1.807) is 0 Å². The van der Waals surface area contributed by atoms with Gasteiger partial charge in [-0.3, -0.25) is 10.1 Å². The molecule has 5 nitrogen and oxygen atoms in total. The van der Waals surface area contributed by atoms with Gasteiger partial charge in [-0.2, -0.15) is 0 Å². The lowest BCUT2D eigenvalue weighted by atomic mass is 10.2. The van der Waals surface area contributed by atoms with Gasteiger partial charge in [-0.05, 0) is 6.07 Å². The number of alkyl halides is 2. The number of nitro groups is 1. The summed E-state index contributed by atoms with van der Waals surface area (Å²) in [6.07, 6.45) is -3.12. The van der Waals surface area contributed by atoms with Crippen molar-refractivity contribution in [2.45, 2.75) is 13.0 Å². The summed E-state index contributed by atoms with van der Waals surface area (Å²) in [7, 11) is 0. The van der Waals surface area contributed by atoms with Crippen molar-refractivity contribution in [3.8, 4) is 0 Å². The Kier molecular flexibility index (Phi) is 3.48. The number of aliphatic hydroxyl groups excluding tert-OH is 1. The number of pyridine rings is 1. The number of hydrogen-bond acceptors (Lipinski definition) is 4. The highest BCUT2D eigenvalue weighted by Crippen LogP contribution is 2.33. The van der Waals surface area contributed by atoms with Gasteiger partial charge >= 0.3 is 5.69 Å². The van der Waals surface area contributed by atoms with Crippen LogP contribution in [0.2, 0.25) is 5.02 Å². The van der Waals surface area contributed by atoms with E-state index < -0.39 is 34.4 Å². The highest BCUT2D eigenvalue weighted by Gasteiger charge is 2.27. The van der Waals surface area contributed by atoms with Gasteiger partial charge in [0.25, 0.3) is 6.43 Å². The first-order chi connectivity index (χ1) is 6.97. The van der Waals surface area contributed by atoms with E-state index >= 15 is 0 Å². The third-order valence-electron chi connectivity index (χ3n) is 1.58. The van der Waals surface area contributed by atoms with Crippen molar-refractivity contribution in [3.05, 3.63) is 32.6 Å². The van der Waals surface area contributed by atoms with Gasteiger partial charge in [0.05, 0.1) is 17.2 Å². The molecule has 0 unspecified atom stereocenters. The van der Waals surface area contributed by atoms with Gasteiger partial charge in [-0.1, -0.05) is 11.6 Å². The molecule has 82 valence electrons. The Balaban J connectivity index is 3.42. The van der Waals surface area contributed by atoms with Crippen molar-refractivity contribution in [2.75, 3.05) is 0 Å². The maximum Gasteiger partial charge on any atom is 0.315 e. The standard InChI is InChI=1S/C7H5ClF2N2O3/c8-4-1-3(2-13)11-5(7(9)10)6(4)12(14)15/h1,7,13H,2H2. The Hall–Kier alpha value is -1.34. The van der Waals surface area contributed by atoms with Gasteiger partial charge in [0, 0.05) is 0 Å². The van der Waals surface area contributed by atoms with Crippen molar-refractivity contribution in [1.29, 1.82) is 0 Å². The molecule has 0 saturated carbocycles. The zero-order valence-corrected chi connectivity index (χ0v) is 7.91. The largest absolute Gasteiger partial charge is 0.390 e. The van der Waals surface area contributed by atoms with Crippen LogP contribution in [0.3, 0.4) is 0 Å². The highest BCUT2D eigenvalue weighted by atomic mass is 35.5. The second-order valence-corrected chi connectivity index (χ2v) is 2.95. The lowest BCUT2D eigenvalue weighted by Crippen LogP contribution is -2.03. The fourth-order valence-corrected chi connectivity index (χ4v) is 1.28. The van der Waals surface area contributed by atoms with E-state index in [0.29, 0.717) is 0 Å². The molecule has 0 fully saturated rings. The van der Waals surface area contributed by atoms with Crippen LogP contribution in [0, 0.1) is 10.1 Å². The summed E-state index contributed by atoms with van der Waals surface area (Å²) in [6.45, 7) is -0.614. The maximum absolute atomic E-state index is 12.4. The predicted octanol–water partition coefficient (Wildman–Crippen LogP) is 2.07. The van der Waals surface area contributed by atoms with Gasteiger partial charge in [0.15, 0.2) is 5.69 Å². The minimum Gasteiger partial charge on any atom is -0.390 e. The SMILES string of the molecule is O=[N+]([O-])c1c(Cl)cc(CO)nc1C(F)F. The lowest BCUT2D eigenvalue weighted by molar-refractivity contribution is -0.386. The second-order valence-electron chi connectivity index (χ2n) is 2.55. The summed E-state index contributed by atoms with van der Waals surface area (Å²) >= 11 is 5.43. The van der Waals surface area contributed by atoms with E-state index in [4.69, 9.17) is 16.7 Å². The smallest absolute Gasteiger partial charge is 0.315 e. The monoisotopic (exact) mass is 238 g/mol. The Morgan fingerprint density at radius 1 is 1.67 bits per heavy atom. The van der Waals surface area contributed by atoms with Crippen LogP contribution in [-0.2, 0) is 6.61 Å². The van der Waals surface area contributed by atoms with Crippen LogP contribution < -0.4 is 0 Å². The number of hydrogen-bond donors (Lipinski definition) is 1. The number of nitrogens with zero attached hydrogens (tertiary/aromatic N) is 2. The molecule has 1 heterocycles. The molecule has 0 aromatic carbocycles. The Bertz CT molecular complexity index is 400. The fraction of sp³-hybridized carbons (Fsp3) is 0.286. The van der Waals surface area contributed by atoms with E-state index in [1.165, 1.54) is 0 Å². The van der Waals surface area contributed by atoms with Crippen molar-refractivity contribution >= 4 is 17.3 Å². The van der Waals surface area contributed by atoms with Crippen LogP contribution in [0.4, 0.5) is 14.5 Å². The molecular weight excluding hydrogens is 234 g/mol. The number of aliphatic hydroxyl groups is 1. The van der Waals surface area contributed by atoms with Gasteiger partial charge < -0.3 is 5.11 Å². The molecule has 15 heavy (non-hydrogen) atoms. The Morgan fingerprint density at radius 3 is 2.67 bits per heavy atom. The first-order valence-electron chi connectivity index (χ1n) is 3.70. The summed E-state index contributed by atoms with van der Waals surface area (Å²) < 4.78 is 24.8. The van der Waals surface area contributed by atoms with Crippen molar-refractivity contribution in [3.63, 3.8) is 0 Å². The summed E-state index contributed by atoms with van der Waals surface area (Å²) in [5.41, 5.74) is -2.10. The van der Waals surface area contributed by atoms with Crippen LogP contribution in [0.25, 0.3) is 0 Å². The average Bonchev–Trinajstić information content (AvgIpc) is 2.15. The third-order valence-corrected chi connectivity index (χ3v) is 1.87.